The van der Waals surface area contributed by atoms with Crippen molar-refractivity contribution in [2.24, 2.45) is 0 Å². The van der Waals surface area contributed by atoms with Gasteiger partial charge in [-0.2, -0.15) is 0 Å². The third-order valence-electron chi connectivity index (χ3n) is 2.82. The van der Waals surface area contributed by atoms with Gasteiger partial charge in [0.05, 0.1) is 16.5 Å². The van der Waals surface area contributed by atoms with Crippen molar-refractivity contribution in [3.8, 4) is 5.75 Å². The Kier molecular flexibility index (Phi) is 5.56. The smallest absolute Gasteiger partial charge is 0.321 e. The van der Waals surface area contributed by atoms with Gasteiger partial charge in [0.25, 0.3) is 5.75 Å². The number of hydrogen-bond acceptors (Lipinski definition) is 7. The lowest BCUT2D eigenvalue weighted by molar-refractivity contribution is -0.396. The van der Waals surface area contributed by atoms with E-state index in [4.69, 9.17) is 14.6 Å². The van der Waals surface area contributed by atoms with Gasteiger partial charge in [0.1, 0.15) is 6.61 Å². The molecule has 0 aliphatic carbocycles. The van der Waals surface area contributed by atoms with Crippen LogP contribution in [-0.4, -0.2) is 34.5 Å². The van der Waals surface area contributed by atoms with Crippen LogP contribution in [0.3, 0.4) is 0 Å². The first-order valence-corrected chi connectivity index (χ1v) is 6.11. The van der Waals surface area contributed by atoms with E-state index < -0.39 is 33.3 Å². The molecule has 0 aliphatic heterocycles. The predicted molar refractivity (Wildman–Crippen MR) is 72.4 cm³/mol. The molecule has 116 valence electrons. The van der Waals surface area contributed by atoms with Crippen LogP contribution in [0.4, 0.5) is 11.4 Å². The van der Waals surface area contributed by atoms with E-state index in [1.54, 1.807) is 6.92 Å². The molecule has 0 bridgehead atoms. The Labute approximate surface area is 120 Å². The van der Waals surface area contributed by atoms with E-state index in [1.807, 2.05) is 0 Å². The van der Waals surface area contributed by atoms with E-state index in [0.717, 1.165) is 0 Å². The maximum atomic E-state index is 11.1. The second-order valence-electron chi connectivity index (χ2n) is 4.35. The van der Waals surface area contributed by atoms with Crippen LogP contribution in [0, 0.1) is 34.1 Å². The lowest BCUT2D eigenvalue weighted by Gasteiger charge is -2.11. The Bertz CT molecular complexity index is 557. The van der Waals surface area contributed by atoms with Crippen LogP contribution in [0.2, 0.25) is 0 Å². The Morgan fingerprint density at radius 1 is 1.24 bits per heavy atom. The van der Waals surface area contributed by atoms with Crippen molar-refractivity contribution in [1.82, 2.24) is 0 Å². The molecule has 0 saturated carbocycles. The van der Waals surface area contributed by atoms with Gasteiger partial charge in [-0.15, -0.1) is 0 Å². The van der Waals surface area contributed by atoms with Crippen molar-refractivity contribution in [2.75, 3.05) is 13.2 Å². The first-order chi connectivity index (χ1) is 9.75. The summed E-state index contributed by atoms with van der Waals surface area (Å²) < 4.78 is 9.97. The van der Waals surface area contributed by atoms with Gasteiger partial charge < -0.3 is 14.6 Å². The summed E-state index contributed by atoms with van der Waals surface area (Å²) in [5.74, 6) is -0.401. The lowest BCUT2D eigenvalue weighted by atomic mass is 10.1. The minimum atomic E-state index is -1.02. The number of aryl methyl sites for hydroxylation is 1. The van der Waals surface area contributed by atoms with Gasteiger partial charge in [-0.05, 0) is 26.3 Å². The van der Waals surface area contributed by atoms with E-state index in [0.29, 0.717) is 11.1 Å². The van der Waals surface area contributed by atoms with Crippen molar-refractivity contribution in [3.63, 3.8) is 0 Å². The number of rotatable bonds is 7. The van der Waals surface area contributed by atoms with Crippen LogP contribution in [0.5, 0.6) is 5.75 Å². The second-order valence-corrected chi connectivity index (χ2v) is 4.35. The second kappa shape index (κ2) is 6.95. The lowest BCUT2D eigenvalue weighted by Crippen LogP contribution is -2.14. The topological polar surface area (TPSA) is 125 Å². The molecule has 21 heavy (non-hydrogen) atoms. The average Bonchev–Trinajstić information content (AvgIpc) is 2.37. The normalized spacial score (nSPS) is 12.0. The summed E-state index contributed by atoms with van der Waals surface area (Å²) in [6.45, 7) is 4.22. The number of aliphatic hydroxyl groups is 1. The zero-order valence-electron chi connectivity index (χ0n) is 11.9. The molecule has 0 saturated heterocycles. The number of hydrogen-bond donors (Lipinski definition) is 1. The fraction of sp³-hybridized carbons (Fsp3) is 0.500. The fourth-order valence-electron chi connectivity index (χ4n) is 1.72. The number of ether oxygens (including phenoxy) is 2. The zero-order valence-corrected chi connectivity index (χ0v) is 11.9. The first kappa shape index (κ1) is 16.8. The van der Waals surface area contributed by atoms with Gasteiger partial charge in [-0.3, -0.25) is 20.2 Å². The Hall–Kier alpha value is -2.26. The van der Waals surface area contributed by atoms with Gasteiger partial charge in [0.2, 0.25) is 0 Å². The van der Waals surface area contributed by atoms with E-state index in [2.05, 4.69) is 0 Å². The highest BCUT2D eigenvalue weighted by Crippen LogP contribution is 2.40. The highest BCUT2D eigenvalue weighted by molar-refractivity contribution is 5.66. The highest BCUT2D eigenvalue weighted by Gasteiger charge is 2.30. The summed E-state index contributed by atoms with van der Waals surface area (Å²) in [4.78, 5) is 20.7. The number of nitro groups is 2. The maximum absolute atomic E-state index is 11.1. The van der Waals surface area contributed by atoms with Gasteiger partial charge in [-0.25, -0.2) is 0 Å². The molecular weight excluding hydrogens is 284 g/mol. The molecule has 0 aromatic heterocycles. The number of aliphatic hydroxyl groups excluding tert-OH is 1. The van der Waals surface area contributed by atoms with Crippen LogP contribution in [0.1, 0.15) is 18.1 Å². The fourth-order valence-corrected chi connectivity index (χ4v) is 1.72. The van der Waals surface area contributed by atoms with Gasteiger partial charge in [-0.1, -0.05) is 0 Å². The zero-order chi connectivity index (χ0) is 16.2. The average molecular weight is 300 g/mol. The largest absolute Gasteiger partial charge is 0.480 e. The molecule has 0 spiro atoms. The molecule has 1 N–H and O–H groups in total. The van der Waals surface area contributed by atoms with Crippen molar-refractivity contribution < 1.29 is 24.4 Å². The predicted octanol–water partition coefficient (Wildman–Crippen LogP) is 1.85. The molecule has 1 rings (SSSR count). The monoisotopic (exact) mass is 300 g/mol. The number of nitrogens with zero attached hydrogens (tertiary/aromatic N) is 2. The van der Waals surface area contributed by atoms with Gasteiger partial charge in [0.15, 0.2) is 6.29 Å². The third-order valence-corrected chi connectivity index (χ3v) is 2.82. The summed E-state index contributed by atoms with van der Waals surface area (Å²) in [6, 6.07) is 1.23. The quantitative estimate of drug-likeness (QED) is 0.352. The summed E-state index contributed by atoms with van der Waals surface area (Å²) in [7, 11) is 0. The minimum absolute atomic E-state index is 0.0566. The third kappa shape index (κ3) is 4.10. The van der Waals surface area contributed by atoms with Crippen LogP contribution < -0.4 is 4.74 Å². The highest BCUT2D eigenvalue weighted by atomic mass is 16.6. The summed E-state index contributed by atoms with van der Waals surface area (Å²) in [6.07, 6.45) is -1.02. The van der Waals surface area contributed by atoms with Crippen LogP contribution in [0.15, 0.2) is 6.07 Å². The van der Waals surface area contributed by atoms with Crippen molar-refractivity contribution >= 4 is 11.4 Å². The first-order valence-electron chi connectivity index (χ1n) is 6.11. The number of benzene rings is 1. The van der Waals surface area contributed by atoms with Gasteiger partial charge in [0, 0.05) is 11.6 Å². The molecule has 0 amide bonds. The van der Waals surface area contributed by atoms with E-state index in [-0.39, 0.29) is 13.2 Å². The Balaban J connectivity index is 3.16. The number of nitro benzene ring substituents is 2. The van der Waals surface area contributed by atoms with E-state index in [9.17, 15) is 20.2 Å². The summed E-state index contributed by atoms with van der Waals surface area (Å²) in [5, 5.41) is 31.1. The molecule has 0 aliphatic rings. The summed E-state index contributed by atoms with van der Waals surface area (Å²) >= 11 is 0. The minimum Gasteiger partial charge on any atom is -0.480 e. The van der Waals surface area contributed by atoms with Crippen LogP contribution >= 0.6 is 0 Å². The SMILES string of the molecule is Cc1cc([N+](=O)[O-])c(OCCOC(C)O)c([N+](=O)[O-])c1C. The molecule has 9 heteroatoms. The molecule has 1 atom stereocenters. The molecule has 1 aromatic rings. The van der Waals surface area contributed by atoms with E-state index in [1.165, 1.54) is 19.9 Å². The molecular formula is C12H16N2O7. The molecule has 9 nitrogen and oxygen atoms in total. The Morgan fingerprint density at radius 2 is 1.86 bits per heavy atom. The molecule has 0 radical (unpaired) electrons. The van der Waals surface area contributed by atoms with Crippen molar-refractivity contribution in [3.05, 3.63) is 37.4 Å². The van der Waals surface area contributed by atoms with E-state index >= 15 is 0 Å². The maximum Gasteiger partial charge on any atom is 0.321 e. The van der Waals surface area contributed by atoms with Crippen molar-refractivity contribution in [1.29, 1.82) is 0 Å². The van der Waals surface area contributed by atoms with Crippen molar-refractivity contribution in [2.45, 2.75) is 27.1 Å². The van der Waals surface area contributed by atoms with Crippen LogP contribution in [-0.2, 0) is 4.74 Å². The molecule has 1 unspecified atom stereocenters. The van der Waals surface area contributed by atoms with Crippen LogP contribution in [0.25, 0.3) is 0 Å². The molecule has 0 heterocycles. The molecule has 0 fully saturated rings. The molecule has 1 aromatic carbocycles. The standard InChI is InChI=1S/C12H16N2O7/c1-7-6-10(13(16)17)12(11(8(7)2)14(18)19)21-5-4-20-9(3)15/h6,9,15H,4-5H2,1-3H3. The summed E-state index contributed by atoms with van der Waals surface area (Å²) in [5.41, 5.74) is -0.168. The Morgan fingerprint density at radius 3 is 2.33 bits per heavy atom. The van der Waals surface area contributed by atoms with Gasteiger partial charge >= 0.3 is 11.4 Å².